The lowest BCUT2D eigenvalue weighted by atomic mass is 10.1. The molecule has 1 amide bonds. The van der Waals surface area contributed by atoms with E-state index in [-0.39, 0.29) is 29.1 Å². The molecule has 2 fully saturated rings. The van der Waals surface area contributed by atoms with E-state index in [1.165, 1.54) is 6.07 Å². The normalized spacial score (nSPS) is 28.4. The van der Waals surface area contributed by atoms with Crippen LogP contribution in [0.3, 0.4) is 0 Å². The number of anilines is 1. The molecule has 3 unspecified atom stereocenters. The summed E-state index contributed by atoms with van der Waals surface area (Å²) in [5, 5.41) is 6.29. The number of piperidine rings is 1. The Morgan fingerprint density at radius 2 is 2.32 bits per heavy atom. The Morgan fingerprint density at radius 3 is 3.09 bits per heavy atom. The molecule has 0 radical (unpaired) electrons. The largest absolute Gasteiger partial charge is 0.323 e. The summed E-state index contributed by atoms with van der Waals surface area (Å²) in [4.78, 5) is 26.3. The molecular formula is C15H21ClN4O2. The Bertz CT molecular complexity index is 618. The number of hydrogen-bond acceptors (Lipinski definition) is 4. The summed E-state index contributed by atoms with van der Waals surface area (Å²) in [5.74, 6) is -0.0536. The van der Waals surface area contributed by atoms with Crippen molar-refractivity contribution in [1.29, 1.82) is 0 Å². The minimum Gasteiger partial charge on any atom is -0.323 e. The second-order valence-electron chi connectivity index (χ2n) is 5.80. The van der Waals surface area contributed by atoms with Crippen LogP contribution in [-0.4, -0.2) is 46.0 Å². The lowest BCUT2D eigenvalue weighted by Crippen LogP contribution is -2.51. The third-order valence-electron chi connectivity index (χ3n) is 4.41. The molecule has 0 spiro atoms. The van der Waals surface area contributed by atoms with E-state index in [2.05, 4.69) is 15.5 Å². The first-order valence-electron chi connectivity index (χ1n) is 7.74. The molecule has 0 aliphatic carbocycles. The molecule has 2 N–H and O–H groups in total. The third kappa shape index (κ3) is 2.91. The quantitative estimate of drug-likeness (QED) is 0.808. The standard InChI is InChI=1S/C15H21ClN4O2/c1-2-19-9-10(5-6-13(19)21)18-15(22)12-8-17-14-11(16)4-3-7-20(12)14/h5-6,9,11-12,14,17H,2-4,7-8H2,1H3,(H,18,22). The van der Waals surface area contributed by atoms with Crippen molar-refractivity contribution in [3.63, 3.8) is 0 Å². The Kier molecular flexibility index (Phi) is 4.52. The molecule has 3 atom stereocenters. The number of aromatic nitrogens is 1. The zero-order valence-electron chi connectivity index (χ0n) is 12.6. The number of hydrogen-bond donors (Lipinski definition) is 2. The van der Waals surface area contributed by atoms with Gasteiger partial charge in [0.2, 0.25) is 5.91 Å². The van der Waals surface area contributed by atoms with Gasteiger partial charge in [0.15, 0.2) is 0 Å². The molecule has 1 aromatic heterocycles. The summed E-state index contributed by atoms with van der Waals surface area (Å²) in [6.45, 7) is 3.96. The molecule has 1 aromatic rings. The van der Waals surface area contributed by atoms with E-state index in [0.29, 0.717) is 18.8 Å². The Labute approximate surface area is 134 Å². The van der Waals surface area contributed by atoms with E-state index in [0.717, 1.165) is 19.4 Å². The molecule has 0 saturated carbocycles. The van der Waals surface area contributed by atoms with Crippen molar-refractivity contribution in [3.8, 4) is 0 Å². The summed E-state index contributed by atoms with van der Waals surface area (Å²) in [5.41, 5.74) is 0.582. The number of nitrogens with zero attached hydrogens (tertiary/aromatic N) is 2. The highest BCUT2D eigenvalue weighted by molar-refractivity contribution is 6.21. The second-order valence-corrected chi connectivity index (χ2v) is 6.36. The third-order valence-corrected chi connectivity index (χ3v) is 4.87. The molecule has 2 aliphatic heterocycles. The van der Waals surface area contributed by atoms with Crippen molar-refractivity contribution in [2.24, 2.45) is 0 Å². The van der Waals surface area contributed by atoms with Crippen molar-refractivity contribution in [2.45, 2.75) is 43.9 Å². The van der Waals surface area contributed by atoms with Gasteiger partial charge in [-0.3, -0.25) is 19.8 Å². The molecular weight excluding hydrogens is 304 g/mol. The molecule has 120 valence electrons. The van der Waals surface area contributed by atoms with Gasteiger partial charge in [-0.05, 0) is 25.8 Å². The van der Waals surface area contributed by atoms with Crippen LogP contribution in [0.2, 0.25) is 0 Å². The molecule has 2 aliphatic rings. The van der Waals surface area contributed by atoms with Crippen molar-refractivity contribution < 1.29 is 4.79 Å². The van der Waals surface area contributed by atoms with Crippen molar-refractivity contribution in [2.75, 3.05) is 18.4 Å². The summed E-state index contributed by atoms with van der Waals surface area (Å²) >= 11 is 6.33. The molecule has 0 bridgehead atoms. The number of halogens is 1. The van der Waals surface area contributed by atoms with Crippen molar-refractivity contribution >= 4 is 23.2 Å². The van der Waals surface area contributed by atoms with E-state index in [4.69, 9.17) is 11.6 Å². The number of carbonyl (C=O) groups is 1. The molecule has 0 aromatic carbocycles. The van der Waals surface area contributed by atoms with E-state index < -0.39 is 0 Å². The predicted molar refractivity (Wildman–Crippen MR) is 86.2 cm³/mol. The van der Waals surface area contributed by atoms with Crippen LogP contribution in [0.15, 0.2) is 23.1 Å². The Balaban J connectivity index is 1.71. The number of amides is 1. The van der Waals surface area contributed by atoms with Crippen LogP contribution < -0.4 is 16.2 Å². The number of carbonyl (C=O) groups excluding carboxylic acids is 1. The second kappa shape index (κ2) is 6.40. The average molecular weight is 325 g/mol. The van der Waals surface area contributed by atoms with Gasteiger partial charge in [0.25, 0.3) is 5.56 Å². The van der Waals surface area contributed by atoms with Crippen LogP contribution in [0.25, 0.3) is 0 Å². The van der Waals surface area contributed by atoms with Crippen molar-refractivity contribution in [3.05, 3.63) is 28.7 Å². The van der Waals surface area contributed by atoms with Crippen LogP contribution >= 0.6 is 11.6 Å². The molecule has 22 heavy (non-hydrogen) atoms. The Hall–Kier alpha value is -1.37. The fourth-order valence-electron chi connectivity index (χ4n) is 3.24. The maximum atomic E-state index is 12.5. The minimum atomic E-state index is -0.214. The first kappa shape index (κ1) is 15.5. The molecule has 3 rings (SSSR count). The van der Waals surface area contributed by atoms with E-state index >= 15 is 0 Å². The lowest BCUT2D eigenvalue weighted by Gasteiger charge is -2.35. The van der Waals surface area contributed by atoms with Gasteiger partial charge in [0, 0.05) is 31.9 Å². The van der Waals surface area contributed by atoms with Gasteiger partial charge in [0.1, 0.15) is 6.04 Å². The van der Waals surface area contributed by atoms with E-state index in [1.807, 2.05) is 6.92 Å². The van der Waals surface area contributed by atoms with Gasteiger partial charge in [-0.1, -0.05) is 0 Å². The van der Waals surface area contributed by atoms with E-state index in [9.17, 15) is 9.59 Å². The fourth-order valence-corrected chi connectivity index (χ4v) is 3.63. The fraction of sp³-hybridized carbons (Fsp3) is 0.600. The van der Waals surface area contributed by atoms with Crippen LogP contribution in [-0.2, 0) is 11.3 Å². The van der Waals surface area contributed by atoms with Gasteiger partial charge < -0.3 is 9.88 Å². The zero-order chi connectivity index (χ0) is 15.7. The number of fused-ring (bicyclic) bond motifs is 1. The summed E-state index contributed by atoms with van der Waals surface area (Å²) < 4.78 is 1.57. The molecule has 6 nitrogen and oxygen atoms in total. The lowest BCUT2D eigenvalue weighted by molar-refractivity contribution is -0.120. The van der Waals surface area contributed by atoms with Crippen LogP contribution in [0.4, 0.5) is 5.69 Å². The first-order chi connectivity index (χ1) is 10.6. The summed E-state index contributed by atoms with van der Waals surface area (Å²) in [6, 6.07) is 2.91. The molecule has 2 saturated heterocycles. The van der Waals surface area contributed by atoms with Gasteiger partial charge in [-0.25, -0.2) is 0 Å². The Morgan fingerprint density at radius 1 is 1.50 bits per heavy atom. The average Bonchev–Trinajstić information content (AvgIpc) is 2.94. The van der Waals surface area contributed by atoms with Gasteiger partial charge >= 0.3 is 0 Å². The number of nitrogens with one attached hydrogen (secondary N) is 2. The maximum absolute atomic E-state index is 12.5. The number of rotatable bonds is 3. The number of alkyl halides is 1. The number of pyridine rings is 1. The van der Waals surface area contributed by atoms with Gasteiger partial charge in [0.05, 0.1) is 17.2 Å². The van der Waals surface area contributed by atoms with Gasteiger partial charge in [-0.15, -0.1) is 11.6 Å². The summed E-state index contributed by atoms with van der Waals surface area (Å²) in [6.07, 6.45) is 3.75. The van der Waals surface area contributed by atoms with E-state index in [1.54, 1.807) is 16.8 Å². The van der Waals surface area contributed by atoms with Crippen LogP contribution in [0, 0.1) is 0 Å². The molecule has 3 heterocycles. The van der Waals surface area contributed by atoms with Crippen LogP contribution in [0.5, 0.6) is 0 Å². The first-order valence-corrected chi connectivity index (χ1v) is 8.18. The van der Waals surface area contributed by atoms with Crippen LogP contribution in [0.1, 0.15) is 19.8 Å². The molecule has 7 heteroatoms. The maximum Gasteiger partial charge on any atom is 0.250 e. The topological polar surface area (TPSA) is 66.4 Å². The van der Waals surface area contributed by atoms with Crippen molar-refractivity contribution in [1.82, 2.24) is 14.8 Å². The monoisotopic (exact) mass is 324 g/mol. The highest BCUT2D eigenvalue weighted by atomic mass is 35.5. The predicted octanol–water partition coefficient (Wildman–Crippen LogP) is 0.808. The number of aryl methyl sites for hydroxylation is 1. The smallest absolute Gasteiger partial charge is 0.250 e. The zero-order valence-corrected chi connectivity index (χ0v) is 13.3. The van der Waals surface area contributed by atoms with Gasteiger partial charge in [-0.2, -0.15) is 0 Å². The SMILES string of the molecule is CCn1cc(NC(=O)C2CNC3C(Cl)CCCN23)ccc1=O. The highest BCUT2D eigenvalue weighted by Crippen LogP contribution is 2.26. The minimum absolute atomic E-state index is 0.0496. The highest BCUT2D eigenvalue weighted by Gasteiger charge is 2.42. The summed E-state index contributed by atoms with van der Waals surface area (Å²) in [7, 11) is 0.